The van der Waals surface area contributed by atoms with Crippen LogP contribution >= 0.6 is 0 Å². The molecule has 0 aliphatic rings. The van der Waals surface area contributed by atoms with Gasteiger partial charge >= 0.3 is 0 Å². The molecule has 8 heteroatoms. The number of nitro groups is 1. The van der Waals surface area contributed by atoms with Gasteiger partial charge in [0, 0.05) is 17.7 Å². The molecule has 0 aromatic heterocycles. The number of hydrogen-bond acceptors (Lipinski definition) is 5. The molecular formula is C13H12N2O5S. The summed E-state index contributed by atoms with van der Waals surface area (Å²) in [4.78, 5) is 10.1. The van der Waals surface area contributed by atoms with Gasteiger partial charge in [-0.25, -0.2) is 8.42 Å². The molecule has 2 rings (SSSR count). The van der Waals surface area contributed by atoms with E-state index >= 15 is 0 Å². The lowest BCUT2D eigenvalue weighted by atomic mass is 10.2. The van der Waals surface area contributed by atoms with Crippen molar-refractivity contribution in [3.8, 4) is 5.75 Å². The third-order valence-corrected chi connectivity index (χ3v) is 4.16. The second-order valence-electron chi connectivity index (χ2n) is 4.36. The molecule has 0 spiro atoms. The molecule has 2 N–H and O–H groups in total. The van der Waals surface area contributed by atoms with E-state index in [0.717, 1.165) is 12.1 Å². The third-order valence-electron chi connectivity index (χ3n) is 2.79. The molecule has 0 unspecified atom stereocenters. The summed E-state index contributed by atoms with van der Waals surface area (Å²) in [5.74, 6) is -0.187. The number of sulfonamides is 1. The van der Waals surface area contributed by atoms with Crippen molar-refractivity contribution < 1.29 is 18.4 Å². The zero-order chi connectivity index (χ0) is 15.6. The first kappa shape index (κ1) is 14.8. The van der Waals surface area contributed by atoms with Gasteiger partial charge in [-0.3, -0.25) is 14.8 Å². The average molecular weight is 308 g/mol. The van der Waals surface area contributed by atoms with E-state index in [0.29, 0.717) is 5.56 Å². The van der Waals surface area contributed by atoms with Crippen molar-refractivity contribution in [1.82, 2.24) is 0 Å². The van der Waals surface area contributed by atoms with Gasteiger partial charge in [-0.05, 0) is 25.1 Å². The number of hydrogen-bond donors (Lipinski definition) is 2. The molecule has 110 valence electrons. The number of aromatic hydroxyl groups is 1. The molecule has 0 saturated carbocycles. The number of nitrogens with one attached hydrogen (secondary N) is 1. The molecule has 7 nitrogen and oxygen atoms in total. The Kier molecular flexibility index (Phi) is 3.81. The lowest BCUT2D eigenvalue weighted by molar-refractivity contribution is -0.385. The fourth-order valence-electron chi connectivity index (χ4n) is 1.73. The van der Waals surface area contributed by atoms with Crippen LogP contribution in [0.3, 0.4) is 0 Å². The lowest BCUT2D eigenvalue weighted by Gasteiger charge is -2.09. The molecule has 0 saturated heterocycles. The summed E-state index contributed by atoms with van der Waals surface area (Å²) >= 11 is 0. The third kappa shape index (κ3) is 3.29. The van der Waals surface area contributed by atoms with Gasteiger partial charge in [0.25, 0.3) is 15.7 Å². The molecule has 0 bridgehead atoms. The van der Waals surface area contributed by atoms with Crippen molar-refractivity contribution >= 4 is 21.4 Å². The number of rotatable bonds is 4. The number of aryl methyl sites for hydroxylation is 1. The maximum atomic E-state index is 12.1. The SMILES string of the molecule is Cc1ccc(NS(=O)(=O)c2cccc(O)c2)cc1[N+](=O)[O-]. The van der Waals surface area contributed by atoms with Crippen molar-refractivity contribution in [2.75, 3.05) is 4.72 Å². The minimum absolute atomic E-state index is 0.0793. The molecule has 0 aliphatic carbocycles. The van der Waals surface area contributed by atoms with Crippen LogP contribution < -0.4 is 4.72 Å². The van der Waals surface area contributed by atoms with Crippen LogP contribution in [0.1, 0.15) is 5.56 Å². The van der Waals surface area contributed by atoms with Crippen molar-refractivity contribution in [1.29, 1.82) is 0 Å². The Morgan fingerprint density at radius 1 is 1.19 bits per heavy atom. The molecule has 2 aromatic carbocycles. The van der Waals surface area contributed by atoms with Gasteiger partial charge in [-0.2, -0.15) is 0 Å². The number of benzene rings is 2. The van der Waals surface area contributed by atoms with E-state index in [1.165, 1.54) is 30.3 Å². The van der Waals surface area contributed by atoms with Gasteiger partial charge in [-0.15, -0.1) is 0 Å². The van der Waals surface area contributed by atoms with Crippen molar-refractivity contribution in [2.24, 2.45) is 0 Å². The number of nitrogens with zero attached hydrogens (tertiary/aromatic N) is 1. The number of nitro benzene ring substituents is 1. The average Bonchev–Trinajstić information content (AvgIpc) is 2.40. The van der Waals surface area contributed by atoms with E-state index < -0.39 is 14.9 Å². The first-order valence-corrected chi connectivity index (χ1v) is 7.35. The van der Waals surface area contributed by atoms with Crippen LogP contribution in [0, 0.1) is 17.0 Å². The van der Waals surface area contributed by atoms with Gasteiger partial charge in [0.15, 0.2) is 0 Å². The highest BCUT2D eigenvalue weighted by molar-refractivity contribution is 7.92. The minimum atomic E-state index is -3.92. The molecule has 2 aromatic rings. The molecule has 0 atom stereocenters. The van der Waals surface area contributed by atoms with Crippen molar-refractivity contribution in [3.05, 3.63) is 58.1 Å². The summed E-state index contributed by atoms with van der Waals surface area (Å²) in [7, 11) is -3.92. The van der Waals surface area contributed by atoms with Crippen LogP contribution in [-0.2, 0) is 10.0 Å². The number of anilines is 1. The van der Waals surface area contributed by atoms with Gasteiger partial charge < -0.3 is 5.11 Å². The summed E-state index contributed by atoms with van der Waals surface area (Å²) in [6.45, 7) is 1.56. The van der Waals surface area contributed by atoms with E-state index in [-0.39, 0.29) is 22.0 Å². The van der Waals surface area contributed by atoms with Gasteiger partial charge in [0.2, 0.25) is 0 Å². The van der Waals surface area contributed by atoms with E-state index in [9.17, 15) is 23.6 Å². The fraction of sp³-hybridized carbons (Fsp3) is 0.0769. The van der Waals surface area contributed by atoms with E-state index in [1.54, 1.807) is 6.92 Å². The highest BCUT2D eigenvalue weighted by Crippen LogP contribution is 2.25. The van der Waals surface area contributed by atoms with Gasteiger partial charge in [0.1, 0.15) is 5.75 Å². The normalized spacial score (nSPS) is 11.1. The Hall–Kier alpha value is -2.61. The molecule has 0 radical (unpaired) electrons. The Bertz CT molecular complexity index is 802. The Balaban J connectivity index is 2.37. The summed E-state index contributed by atoms with van der Waals surface area (Å²) < 4.78 is 26.5. The van der Waals surface area contributed by atoms with E-state index in [2.05, 4.69) is 4.72 Å². The predicted molar refractivity (Wildman–Crippen MR) is 76.7 cm³/mol. The van der Waals surface area contributed by atoms with Crippen LogP contribution in [0.2, 0.25) is 0 Å². The maximum absolute atomic E-state index is 12.1. The maximum Gasteiger partial charge on any atom is 0.274 e. The summed E-state index contributed by atoms with van der Waals surface area (Å²) in [6, 6.07) is 9.17. The van der Waals surface area contributed by atoms with Crippen LogP contribution in [0.4, 0.5) is 11.4 Å². The summed E-state index contributed by atoms with van der Waals surface area (Å²) in [5.41, 5.74) is 0.335. The summed E-state index contributed by atoms with van der Waals surface area (Å²) in [6.07, 6.45) is 0. The van der Waals surface area contributed by atoms with Gasteiger partial charge in [0.05, 0.1) is 15.5 Å². The van der Waals surface area contributed by atoms with Crippen LogP contribution in [0.25, 0.3) is 0 Å². The zero-order valence-corrected chi connectivity index (χ0v) is 11.8. The van der Waals surface area contributed by atoms with Crippen LogP contribution in [0.15, 0.2) is 47.4 Å². The largest absolute Gasteiger partial charge is 0.508 e. The minimum Gasteiger partial charge on any atom is -0.508 e. The van der Waals surface area contributed by atoms with E-state index in [4.69, 9.17) is 0 Å². The standard InChI is InChI=1S/C13H12N2O5S/c1-9-5-6-10(7-13(9)15(17)18)14-21(19,20)12-4-2-3-11(16)8-12/h2-8,14,16H,1H3. The molecule has 21 heavy (non-hydrogen) atoms. The summed E-state index contributed by atoms with van der Waals surface area (Å²) in [5, 5.41) is 20.2. The van der Waals surface area contributed by atoms with E-state index in [1.807, 2.05) is 0 Å². The topological polar surface area (TPSA) is 110 Å². The number of phenols is 1. The smallest absolute Gasteiger partial charge is 0.274 e. The second-order valence-corrected chi connectivity index (χ2v) is 6.04. The predicted octanol–water partition coefficient (Wildman–Crippen LogP) is 2.41. The van der Waals surface area contributed by atoms with Crippen LogP contribution in [0.5, 0.6) is 5.75 Å². The first-order valence-electron chi connectivity index (χ1n) is 5.86. The van der Waals surface area contributed by atoms with Gasteiger partial charge in [-0.1, -0.05) is 12.1 Å². The number of phenolic OH excluding ortho intramolecular Hbond substituents is 1. The Morgan fingerprint density at radius 3 is 2.52 bits per heavy atom. The Labute approximate surface area is 121 Å². The lowest BCUT2D eigenvalue weighted by Crippen LogP contribution is -2.13. The second kappa shape index (κ2) is 5.41. The molecular weight excluding hydrogens is 296 g/mol. The molecule has 0 fully saturated rings. The van der Waals surface area contributed by atoms with Crippen molar-refractivity contribution in [3.63, 3.8) is 0 Å². The quantitative estimate of drug-likeness (QED) is 0.665. The highest BCUT2D eigenvalue weighted by Gasteiger charge is 2.17. The Morgan fingerprint density at radius 2 is 1.90 bits per heavy atom. The highest BCUT2D eigenvalue weighted by atomic mass is 32.2. The zero-order valence-electron chi connectivity index (χ0n) is 11.0. The monoisotopic (exact) mass is 308 g/mol. The first-order chi connectivity index (χ1) is 9.79. The molecule has 0 amide bonds. The van der Waals surface area contributed by atoms with Crippen molar-refractivity contribution in [2.45, 2.75) is 11.8 Å². The van der Waals surface area contributed by atoms with Crippen LogP contribution in [-0.4, -0.2) is 18.4 Å². The molecule has 0 heterocycles. The molecule has 0 aliphatic heterocycles. The fourth-order valence-corrected chi connectivity index (χ4v) is 2.82.